The average Bonchev–Trinajstić information content (AvgIpc) is 2.34. The molecule has 1 rings (SSSR count). The lowest BCUT2D eigenvalue weighted by atomic mass is 9.93. The predicted molar refractivity (Wildman–Crippen MR) is 74.2 cm³/mol. The van der Waals surface area contributed by atoms with E-state index in [1.165, 1.54) is 18.2 Å². The van der Waals surface area contributed by atoms with Gasteiger partial charge in [-0.1, -0.05) is 13.8 Å². The molecule has 0 aliphatic heterocycles. The molecule has 0 aliphatic carbocycles. The molecule has 106 valence electrons. The summed E-state index contributed by atoms with van der Waals surface area (Å²) in [7, 11) is 0. The summed E-state index contributed by atoms with van der Waals surface area (Å²) >= 11 is 0. The van der Waals surface area contributed by atoms with Gasteiger partial charge in [-0.15, -0.1) is 0 Å². The highest BCUT2D eigenvalue weighted by Gasteiger charge is 2.24. The lowest BCUT2D eigenvalue weighted by Gasteiger charge is -2.31. The van der Waals surface area contributed by atoms with Crippen molar-refractivity contribution in [1.82, 2.24) is 4.90 Å². The van der Waals surface area contributed by atoms with E-state index < -0.39 is 0 Å². The summed E-state index contributed by atoms with van der Waals surface area (Å²) in [5.74, 6) is -0.481. The van der Waals surface area contributed by atoms with Gasteiger partial charge in [0.25, 0.3) is 5.91 Å². The minimum atomic E-state index is -0.227. The van der Waals surface area contributed by atoms with Gasteiger partial charge < -0.3 is 20.8 Å². The predicted octanol–water partition coefficient (Wildman–Crippen LogP) is 1.54. The number of phenols is 2. The largest absolute Gasteiger partial charge is 0.508 e. The fraction of sp³-hybridized carbons (Fsp3) is 0.500. The van der Waals surface area contributed by atoms with E-state index in [-0.39, 0.29) is 28.4 Å². The van der Waals surface area contributed by atoms with Crippen LogP contribution in [0.2, 0.25) is 0 Å². The van der Waals surface area contributed by atoms with E-state index in [9.17, 15) is 15.0 Å². The van der Waals surface area contributed by atoms with Crippen molar-refractivity contribution in [2.24, 2.45) is 11.1 Å². The van der Waals surface area contributed by atoms with Gasteiger partial charge in [-0.25, -0.2) is 0 Å². The first-order valence-electron chi connectivity index (χ1n) is 6.31. The van der Waals surface area contributed by atoms with Crippen LogP contribution in [0, 0.1) is 5.41 Å². The molecule has 0 saturated carbocycles. The van der Waals surface area contributed by atoms with Gasteiger partial charge in [0.1, 0.15) is 11.5 Å². The summed E-state index contributed by atoms with van der Waals surface area (Å²) in [5, 5.41) is 18.9. The summed E-state index contributed by atoms with van der Waals surface area (Å²) in [6, 6.07) is 3.89. The number of nitrogens with zero attached hydrogens (tertiary/aromatic N) is 1. The lowest BCUT2D eigenvalue weighted by molar-refractivity contribution is 0.0700. The van der Waals surface area contributed by atoms with Crippen LogP contribution in [0.1, 0.15) is 31.1 Å². The topological polar surface area (TPSA) is 86.8 Å². The highest BCUT2D eigenvalue weighted by molar-refractivity contribution is 5.95. The van der Waals surface area contributed by atoms with Crippen molar-refractivity contribution >= 4 is 5.91 Å². The van der Waals surface area contributed by atoms with Crippen molar-refractivity contribution in [1.29, 1.82) is 0 Å². The van der Waals surface area contributed by atoms with E-state index in [1.54, 1.807) is 4.90 Å². The molecule has 0 fully saturated rings. The summed E-state index contributed by atoms with van der Waals surface area (Å²) in [6.07, 6.45) is 0. The number of benzene rings is 1. The Balaban J connectivity index is 2.95. The van der Waals surface area contributed by atoms with Crippen LogP contribution in [0.15, 0.2) is 18.2 Å². The van der Waals surface area contributed by atoms with Gasteiger partial charge in [-0.3, -0.25) is 4.79 Å². The van der Waals surface area contributed by atoms with Gasteiger partial charge in [0.05, 0.1) is 0 Å². The van der Waals surface area contributed by atoms with E-state index in [4.69, 9.17) is 5.73 Å². The Kier molecular flexibility index (Phi) is 4.78. The van der Waals surface area contributed by atoms with Crippen LogP contribution in [0.25, 0.3) is 0 Å². The molecule has 0 aromatic heterocycles. The van der Waals surface area contributed by atoms with Crippen molar-refractivity contribution < 1.29 is 15.0 Å². The molecule has 0 spiro atoms. The van der Waals surface area contributed by atoms with E-state index in [1.807, 2.05) is 20.8 Å². The minimum Gasteiger partial charge on any atom is -0.508 e. The van der Waals surface area contributed by atoms with Crippen molar-refractivity contribution in [2.75, 3.05) is 19.6 Å². The number of hydrogen-bond donors (Lipinski definition) is 3. The molecule has 1 amide bonds. The molecule has 5 nitrogen and oxygen atoms in total. The van der Waals surface area contributed by atoms with Crippen molar-refractivity contribution in [3.8, 4) is 11.5 Å². The minimum absolute atomic E-state index is 0.127. The van der Waals surface area contributed by atoms with Gasteiger partial charge in [0, 0.05) is 24.7 Å². The van der Waals surface area contributed by atoms with Gasteiger partial charge in [0.2, 0.25) is 0 Å². The number of aromatic hydroxyl groups is 2. The van der Waals surface area contributed by atoms with Gasteiger partial charge >= 0.3 is 0 Å². The van der Waals surface area contributed by atoms with Crippen molar-refractivity contribution in [3.05, 3.63) is 23.8 Å². The Morgan fingerprint density at radius 2 is 1.79 bits per heavy atom. The zero-order chi connectivity index (χ0) is 14.6. The smallest absolute Gasteiger partial charge is 0.254 e. The molecule has 1 aromatic rings. The number of phenolic OH excluding ortho intramolecular Hbond substituents is 2. The van der Waals surface area contributed by atoms with Crippen LogP contribution in [0.3, 0.4) is 0 Å². The first-order valence-corrected chi connectivity index (χ1v) is 6.31. The van der Waals surface area contributed by atoms with E-state index in [0.29, 0.717) is 19.6 Å². The average molecular weight is 266 g/mol. The Labute approximate surface area is 113 Å². The fourth-order valence-electron chi connectivity index (χ4n) is 1.81. The molecule has 1 aromatic carbocycles. The maximum absolute atomic E-state index is 12.3. The number of amides is 1. The second-order valence-electron chi connectivity index (χ2n) is 5.43. The summed E-state index contributed by atoms with van der Waals surface area (Å²) < 4.78 is 0. The molecular weight excluding hydrogens is 244 g/mol. The second-order valence-corrected chi connectivity index (χ2v) is 5.43. The van der Waals surface area contributed by atoms with Gasteiger partial charge in [-0.2, -0.15) is 0 Å². The molecule has 0 saturated heterocycles. The molecule has 5 heteroatoms. The molecule has 0 atom stereocenters. The Morgan fingerprint density at radius 3 is 2.21 bits per heavy atom. The van der Waals surface area contributed by atoms with E-state index in [2.05, 4.69) is 0 Å². The van der Waals surface area contributed by atoms with Crippen molar-refractivity contribution in [2.45, 2.75) is 20.8 Å². The van der Waals surface area contributed by atoms with Gasteiger partial charge in [0.15, 0.2) is 0 Å². The first-order chi connectivity index (χ1) is 8.79. The number of hydrogen-bond acceptors (Lipinski definition) is 4. The second kappa shape index (κ2) is 5.93. The zero-order valence-corrected chi connectivity index (χ0v) is 11.7. The molecule has 0 radical (unpaired) electrons. The number of rotatable bonds is 5. The van der Waals surface area contributed by atoms with Crippen LogP contribution in [-0.4, -0.2) is 40.7 Å². The third kappa shape index (κ3) is 4.13. The standard InChI is InChI=1S/C14H22N2O3/c1-4-16(9-14(2,3)8-15)13(19)10-5-11(17)7-12(18)6-10/h5-7,17-18H,4,8-9,15H2,1-3H3. The maximum atomic E-state index is 12.3. The van der Waals surface area contributed by atoms with Crippen LogP contribution in [0.4, 0.5) is 0 Å². The molecule has 4 N–H and O–H groups in total. The Bertz CT molecular complexity index is 438. The number of carbonyl (C=O) groups excluding carboxylic acids is 1. The molecule has 19 heavy (non-hydrogen) atoms. The summed E-state index contributed by atoms with van der Waals surface area (Å²) in [6.45, 7) is 7.40. The van der Waals surface area contributed by atoms with Gasteiger partial charge in [-0.05, 0) is 31.0 Å². The summed E-state index contributed by atoms with van der Waals surface area (Å²) in [4.78, 5) is 14.0. The highest BCUT2D eigenvalue weighted by Crippen LogP contribution is 2.23. The first kappa shape index (κ1) is 15.3. The van der Waals surface area contributed by atoms with Crippen LogP contribution in [-0.2, 0) is 0 Å². The fourth-order valence-corrected chi connectivity index (χ4v) is 1.81. The number of nitrogens with two attached hydrogens (primary N) is 1. The number of carbonyl (C=O) groups is 1. The van der Waals surface area contributed by atoms with E-state index in [0.717, 1.165) is 0 Å². The molecule has 0 heterocycles. The van der Waals surface area contributed by atoms with E-state index >= 15 is 0 Å². The van der Waals surface area contributed by atoms with Crippen LogP contribution >= 0.6 is 0 Å². The highest BCUT2D eigenvalue weighted by atomic mass is 16.3. The van der Waals surface area contributed by atoms with Crippen LogP contribution in [0.5, 0.6) is 11.5 Å². The molecule has 0 aliphatic rings. The SMILES string of the molecule is CCN(CC(C)(C)CN)C(=O)c1cc(O)cc(O)c1. The lowest BCUT2D eigenvalue weighted by Crippen LogP contribution is -2.41. The Morgan fingerprint density at radius 1 is 1.26 bits per heavy atom. The van der Waals surface area contributed by atoms with Crippen LogP contribution < -0.4 is 5.73 Å². The maximum Gasteiger partial charge on any atom is 0.254 e. The summed E-state index contributed by atoms with van der Waals surface area (Å²) in [5.41, 5.74) is 5.77. The monoisotopic (exact) mass is 266 g/mol. The quantitative estimate of drug-likeness (QED) is 0.754. The molecule has 0 bridgehead atoms. The Hall–Kier alpha value is -1.75. The molecule has 0 unspecified atom stereocenters. The third-order valence-corrected chi connectivity index (χ3v) is 2.99. The zero-order valence-electron chi connectivity index (χ0n) is 11.7. The normalized spacial score (nSPS) is 11.4. The third-order valence-electron chi connectivity index (χ3n) is 2.99. The van der Waals surface area contributed by atoms with Crippen molar-refractivity contribution in [3.63, 3.8) is 0 Å². The molecular formula is C14H22N2O3.